The highest BCUT2D eigenvalue weighted by molar-refractivity contribution is 5.76. The summed E-state index contributed by atoms with van der Waals surface area (Å²) in [5.41, 5.74) is 0. The standard InChI is InChI=1S/C5H8O.CH4/c1-3-4-5(2)6;/h3H,1,4H2,2H3;1H4. The zero-order chi connectivity index (χ0) is 4.99. The van der Waals surface area contributed by atoms with E-state index < -0.39 is 0 Å². The number of hydrogen-bond donors (Lipinski definition) is 0. The van der Waals surface area contributed by atoms with Crippen molar-refractivity contribution in [3.63, 3.8) is 0 Å². The second kappa shape index (κ2) is 5.41. The van der Waals surface area contributed by atoms with Crippen LogP contribution in [0, 0.1) is 0 Å². The van der Waals surface area contributed by atoms with Gasteiger partial charge in [-0.1, -0.05) is 13.5 Å². The van der Waals surface area contributed by atoms with E-state index in [-0.39, 0.29) is 13.2 Å². The maximum absolute atomic E-state index is 9.97. The third kappa shape index (κ3) is 10.8. The average molecular weight is 100 g/mol. The summed E-state index contributed by atoms with van der Waals surface area (Å²) >= 11 is 0. The molecule has 0 atom stereocenters. The van der Waals surface area contributed by atoms with Crippen LogP contribution < -0.4 is 0 Å². The Labute approximate surface area is 45.0 Å². The summed E-state index contributed by atoms with van der Waals surface area (Å²) in [6.45, 7) is 4.92. The van der Waals surface area contributed by atoms with Crippen molar-refractivity contribution in [2.75, 3.05) is 0 Å². The molecule has 0 saturated heterocycles. The highest BCUT2D eigenvalue weighted by atomic mass is 16.1. The summed E-state index contributed by atoms with van der Waals surface area (Å²) in [5.74, 6) is 0.171. The molecule has 0 heterocycles. The van der Waals surface area contributed by atoms with Gasteiger partial charge in [0.1, 0.15) is 5.78 Å². The molecule has 0 N–H and O–H groups in total. The second-order valence-electron chi connectivity index (χ2n) is 1.19. The molecule has 0 aliphatic carbocycles. The molecule has 42 valence electrons. The topological polar surface area (TPSA) is 17.1 Å². The fourth-order valence-electron chi connectivity index (χ4n) is 0.203. The van der Waals surface area contributed by atoms with Gasteiger partial charge in [0.2, 0.25) is 0 Å². The highest BCUT2D eigenvalue weighted by Crippen LogP contribution is 1.77. The Kier molecular flexibility index (Phi) is 7.46. The maximum Gasteiger partial charge on any atom is 0.133 e. The van der Waals surface area contributed by atoms with Crippen molar-refractivity contribution in [2.24, 2.45) is 0 Å². The molecule has 0 unspecified atom stereocenters. The molecular weight excluding hydrogens is 88.1 g/mol. The first-order valence-electron chi connectivity index (χ1n) is 1.87. The van der Waals surface area contributed by atoms with Gasteiger partial charge in [0.15, 0.2) is 0 Å². The molecule has 0 aliphatic rings. The van der Waals surface area contributed by atoms with Crippen molar-refractivity contribution < 1.29 is 4.79 Å². The summed E-state index contributed by atoms with van der Waals surface area (Å²) in [5, 5.41) is 0. The van der Waals surface area contributed by atoms with Crippen LogP contribution in [0.15, 0.2) is 12.7 Å². The molecule has 1 nitrogen and oxygen atoms in total. The van der Waals surface area contributed by atoms with Gasteiger partial charge in [-0.25, -0.2) is 0 Å². The number of Topliss-reactive ketones (excluding diaryl/α,β-unsaturated/α-hetero) is 1. The fourth-order valence-corrected chi connectivity index (χ4v) is 0.203. The Morgan fingerprint density at radius 2 is 2.29 bits per heavy atom. The lowest BCUT2D eigenvalue weighted by Crippen LogP contribution is -1.81. The first kappa shape index (κ1) is 9.65. The molecule has 0 aromatic carbocycles. The number of carbonyl (C=O) groups excluding carboxylic acids is 1. The predicted molar refractivity (Wildman–Crippen MR) is 32.2 cm³/mol. The molecule has 0 aromatic heterocycles. The SMILES string of the molecule is C.C=CCC(C)=O. The number of carbonyl (C=O) groups is 1. The summed E-state index contributed by atoms with van der Waals surface area (Å²) in [6.07, 6.45) is 2.10. The zero-order valence-corrected chi connectivity index (χ0v) is 3.90. The average Bonchev–Trinajstić information content (AvgIpc) is 1.35. The van der Waals surface area contributed by atoms with Crippen LogP contribution in [0.5, 0.6) is 0 Å². The predicted octanol–water partition coefficient (Wildman–Crippen LogP) is 1.79. The molecule has 0 fully saturated rings. The minimum atomic E-state index is 0. The summed E-state index contributed by atoms with van der Waals surface area (Å²) in [6, 6.07) is 0. The van der Waals surface area contributed by atoms with Crippen LogP contribution in [0.1, 0.15) is 20.8 Å². The van der Waals surface area contributed by atoms with Crippen molar-refractivity contribution in [1.29, 1.82) is 0 Å². The van der Waals surface area contributed by atoms with Crippen molar-refractivity contribution in [2.45, 2.75) is 20.8 Å². The molecule has 7 heavy (non-hydrogen) atoms. The Hall–Kier alpha value is -0.590. The minimum Gasteiger partial charge on any atom is -0.300 e. The third-order valence-corrected chi connectivity index (χ3v) is 0.432. The van der Waals surface area contributed by atoms with E-state index >= 15 is 0 Å². The number of hydrogen-bond acceptors (Lipinski definition) is 1. The van der Waals surface area contributed by atoms with Gasteiger partial charge in [0, 0.05) is 6.42 Å². The molecule has 0 spiro atoms. The molecular formula is C6H12O. The molecule has 0 aromatic rings. The van der Waals surface area contributed by atoms with E-state index in [4.69, 9.17) is 0 Å². The first-order chi connectivity index (χ1) is 2.77. The van der Waals surface area contributed by atoms with Gasteiger partial charge in [-0.15, -0.1) is 6.58 Å². The fraction of sp³-hybridized carbons (Fsp3) is 0.500. The third-order valence-electron chi connectivity index (χ3n) is 0.432. The molecule has 0 amide bonds. The van der Waals surface area contributed by atoms with Crippen molar-refractivity contribution in [3.05, 3.63) is 12.7 Å². The lowest BCUT2D eigenvalue weighted by Gasteiger charge is -1.75. The monoisotopic (exact) mass is 100 g/mol. The van der Waals surface area contributed by atoms with E-state index in [2.05, 4.69) is 6.58 Å². The molecule has 0 rings (SSSR count). The van der Waals surface area contributed by atoms with E-state index in [1.807, 2.05) is 0 Å². The van der Waals surface area contributed by atoms with Crippen LogP contribution in [0.4, 0.5) is 0 Å². The normalized spacial score (nSPS) is 6.43. The summed E-state index contributed by atoms with van der Waals surface area (Å²) in [4.78, 5) is 9.97. The van der Waals surface area contributed by atoms with Gasteiger partial charge in [-0.05, 0) is 6.92 Å². The maximum atomic E-state index is 9.97. The van der Waals surface area contributed by atoms with Gasteiger partial charge in [0.05, 0.1) is 0 Å². The highest BCUT2D eigenvalue weighted by Gasteiger charge is 1.80. The van der Waals surface area contributed by atoms with Crippen LogP contribution in [0.25, 0.3) is 0 Å². The summed E-state index contributed by atoms with van der Waals surface area (Å²) in [7, 11) is 0. The van der Waals surface area contributed by atoms with Gasteiger partial charge in [-0.3, -0.25) is 4.79 Å². The smallest absolute Gasteiger partial charge is 0.133 e. The number of ketones is 1. The second-order valence-corrected chi connectivity index (χ2v) is 1.19. The van der Waals surface area contributed by atoms with E-state index in [1.54, 1.807) is 13.0 Å². The Bertz CT molecular complexity index is 64.6. The summed E-state index contributed by atoms with van der Waals surface area (Å²) < 4.78 is 0. The zero-order valence-electron chi connectivity index (χ0n) is 3.90. The number of rotatable bonds is 2. The van der Waals surface area contributed by atoms with Crippen molar-refractivity contribution in [3.8, 4) is 0 Å². The van der Waals surface area contributed by atoms with Crippen LogP contribution in [0.3, 0.4) is 0 Å². The molecule has 1 heteroatoms. The molecule has 0 radical (unpaired) electrons. The van der Waals surface area contributed by atoms with Gasteiger partial charge in [0.25, 0.3) is 0 Å². The number of allylic oxidation sites excluding steroid dienone is 1. The van der Waals surface area contributed by atoms with E-state index in [1.165, 1.54) is 0 Å². The van der Waals surface area contributed by atoms with Gasteiger partial charge >= 0.3 is 0 Å². The van der Waals surface area contributed by atoms with E-state index in [0.717, 1.165) is 0 Å². The van der Waals surface area contributed by atoms with Crippen LogP contribution >= 0.6 is 0 Å². The molecule has 0 aliphatic heterocycles. The van der Waals surface area contributed by atoms with Crippen LogP contribution in [-0.2, 0) is 4.79 Å². The quantitative estimate of drug-likeness (QED) is 0.483. The van der Waals surface area contributed by atoms with Crippen molar-refractivity contribution in [1.82, 2.24) is 0 Å². The van der Waals surface area contributed by atoms with Gasteiger partial charge in [-0.2, -0.15) is 0 Å². The largest absolute Gasteiger partial charge is 0.300 e. The molecule has 0 saturated carbocycles. The Morgan fingerprint density at radius 3 is 2.29 bits per heavy atom. The minimum absolute atomic E-state index is 0. The Balaban J connectivity index is 0. The van der Waals surface area contributed by atoms with E-state index in [0.29, 0.717) is 6.42 Å². The van der Waals surface area contributed by atoms with Crippen LogP contribution in [-0.4, -0.2) is 5.78 Å². The van der Waals surface area contributed by atoms with Crippen molar-refractivity contribution >= 4 is 5.78 Å². The lowest BCUT2D eigenvalue weighted by atomic mass is 10.3. The Morgan fingerprint density at radius 1 is 1.86 bits per heavy atom. The molecule has 0 bridgehead atoms. The van der Waals surface area contributed by atoms with Gasteiger partial charge < -0.3 is 0 Å². The lowest BCUT2D eigenvalue weighted by molar-refractivity contribution is -0.116. The van der Waals surface area contributed by atoms with Crippen LogP contribution in [0.2, 0.25) is 0 Å². The first-order valence-corrected chi connectivity index (χ1v) is 1.87. The van der Waals surface area contributed by atoms with E-state index in [9.17, 15) is 4.79 Å².